The molecule has 0 saturated carbocycles. The summed E-state index contributed by atoms with van der Waals surface area (Å²) in [6.07, 6.45) is 0. The van der Waals surface area contributed by atoms with Crippen molar-refractivity contribution in [2.45, 2.75) is 19.1 Å². The summed E-state index contributed by atoms with van der Waals surface area (Å²) in [5.74, 6) is -0.283. The largest absolute Gasteiger partial charge is 0.465 e. The van der Waals surface area contributed by atoms with E-state index in [1.54, 1.807) is 31.2 Å². The molecule has 3 rings (SSSR count). The first-order valence-electron chi connectivity index (χ1n) is 9.11. The maximum absolute atomic E-state index is 12.8. The number of hydrogen-bond acceptors (Lipinski definition) is 7. The molecule has 1 heterocycles. The van der Waals surface area contributed by atoms with Gasteiger partial charge in [-0.1, -0.05) is 47.7 Å². The van der Waals surface area contributed by atoms with Crippen molar-refractivity contribution in [3.63, 3.8) is 0 Å². The van der Waals surface area contributed by atoms with Gasteiger partial charge in [0.25, 0.3) is 5.22 Å². The minimum atomic E-state index is -0.464. The Morgan fingerprint density at radius 3 is 2.48 bits per heavy atom. The Bertz CT molecular complexity index is 958. The number of thioether (sulfide) groups is 1. The molecule has 0 spiro atoms. The van der Waals surface area contributed by atoms with E-state index in [2.05, 4.69) is 10.2 Å². The quantitative estimate of drug-likeness (QED) is 0.412. The standard InChI is InChI=1S/C21H21N3O4S/c1-3-27-19(26)13-24(17-7-5-4-6-8-17)18(25)14-29-21-23-22-20(28-21)16-11-9-15(2)10-12-16/h4-12H,3,13-14H2,1-2H3. The van der Waals surface area contributed by atoms with Crippen molar-refractivity contribution in [2.75, 3.05) is 23.8 Å². The lowest BCUT2D eigenvalue weighted by molar-refractivity contribution is -0.142. The summed E-state index contributed by atoms with van der Waals surface area (Å²) in [5.41, 5.74) is 2.57. The van der Waals surface area contributed by atoms with E-state index in [4.69, 9.17) is 9.15 Å². The Labute approximate surface area is 173 Å². The fraction of sp³-hybridized carbons (Fsp3) is 0.238. The number of aromatic nitrogens is 2. The molecular weight excluding hydrogens is 390 g/mol. The van der Waals surface area contributed by atoms with Crippen molar-refractivity contribution in [2.24, 2.45) is 0 Å². The maximum Gasteiger partial charge on any atom is 0.326 e. The number of rotatable bonds is 8. The fourth-order valence-corrected chi connectivity index (χ4v) is 3.19. The summed E-state index contributed by atoms with van der Waals surface area (Å²) in [7, 11) is 0. The number of ether oxygens (including phenoxy) is 1. The van der Waals surface area contributed by atoms with Gasteiger partial charge in [0.05, 0.1) is 12.4 Å². The molecule has 0 atom stereocenters. The van der Waals surface area contributed by atoms with Crippen LogP contribution in [0.3, 0.4) is 0 Å². The normalized spacial score (nSPS) is 10.6. The van der Waals surface area contributed by atoms with Crippen molar-refractivity contribution in [1.29, 1.82) is 0 Å². The first-order chi connectivity index (χ1) is 14.1. The van der Waals surface area contributed by atoms with E-state index >= 15 is 0 Å². The Morgan fingerprint density at radius 2 is 1.79 bits per heavy atom. The Hall–Kier alpha value is -3.13. The van der Waals surface area contributed by atoms with E-state index in [0.29, 0.717) is 11.6 Å². The van der Waals surface area contributed by atoms with Gasteiger partial charge in [-0.05, 0) is 38.1 Å². The molecule has 0 fully saturated rings. The van der Waals surface area contributed by atoms with Crippen molar-refractivity contribution in [1.82, 2.24) is 10.2 Å². The van der Waals surface area contributed by atoms with Crippen LogP contribution in [0.25, 0.3) is 11.5 Å². The van der Waals surface area contributed by atoms with Crippen LogP contribution >= 0.6 is 11.8 Å². The lowest BCUT2D eigenvalue weighted by Crippen LogP contribution is -2.37. The number of esters is 1. The molecule has 0 N–H and O–H groups in total. The SMILES string of the molecule is CCOC(=O)CN(C(=O)CSc1nnc(-c2ccc(C)cc2)o1)c1ccccc1. The highest BCUT2D eigenvalue weighted by Gasteiger charge is 2.21. The molecule has 0 bridgehead atoms. The molecule has 1 aromatic heterocycles. The number of anilines is 1. The van der Waals surface area contributed by atoms with Gasteiger partial charge in [-0.25, -0.2) is 0 Å². The molecule has 0 aliphatic carbocycles. The summed E-state index contributed by atoms with van der Waals surface area (Å²) in [4.78, 5) is 26.1. The van der Waals surface area contributed by atoms with E-state index in [1.165, 1.54) is 4.90 Å². The van der Waals surface area contributed by atoms with Gasteiger partial charge in [-0.3, -0.25) is 9.59 Å². The minimum absolute atomic E-state index is 0.0455. The maximum atomic E-state index is 12.8. The fourth-order valence-electron chi connectivity index (χ4n) is 2.55. The third kappa shape index (κ3) is 5.68. The first-order valence-corrected chi connectivity index (χ1v) is 10.1. The number of hydrogen-bond donors (Lipinski definition) is 0. The monoisotopic (exact) mass is 411 g/mol. The van der Waals surface area contributed by atoms with Crippen molar-refractivity contribution in [3.05, 3.63) is 60.2 Å². The van der Waals surface area contributed by atoms with Gasteiger partial charge in [0.2, 0.25) is 11.8 Å². The van der Waals surface area contributed by atoms with Crippen LogP contribution in [0.4, 0.5) is 5.69 Å². The predicted octanol–water partition coefficient (Wildman–Crippen LogP) is 3.73. The molecule has 0 aliphatic heterocycles. The van der Waals surface area contributed by atoms with Crippen LogP contribution in [0, 0.1) is 6.92 Å². The van der Waals surface area contributed by atoms with E-state index < -0.39 is 5.97 Å². The number of aryl methyl sites for hydroxylation is 1. The van der Waals surface area contributed by atoms with Crippen LogP contribution in [0.1, 0.15) is 12.5 Å². The highest BCUT2D eigenvalue weighted by atomic mass is 32.2. The van der Waals surface area contributed by atoms with Crippen LogP contribution < -0.4 is 4.90 Å². The van der Waals surface area contributed by atoms with Crippen LogP contribution in [0.2, 0.25) is 0 Å². The number of carbonyl (C=O) groups excluding carboxylic acids is 2. The second-order valence-electron chi connectivity index (χ2n) is 6.15. The third-order valence-electron chi connectivity index (χ3n) is 3.99. The van der Waals surface area contributed by atoms with Crippen molar-refractivity contribution >= 4 is 29.3 Å². The van der Waals surface area contributed by atoms with Crippen molar-refractivity contribution < 1.29 is 18.7 Å². The Kier molecular flexibility index (Phi) is 7.02. The molecule has 29 heavy (non-hydrogen) atoms. The molecule has 2 aromatic carbocycles. The summed E-state index contributed by atoms with van der Waals surface area (Å²) >= 11 is 1.13. The van der Waals surface area contributed by atoms with E-state index in [1.807, 2.05) is 37.3 Å². The highest BCUT2D eigenvalue weighted by Crippen LogP contribution is 2.24. The minimum Gasteiger partial charge on any atom is -0.465 e. The third-order valence-corrected chi connectivity index (χ3v) is 4.79. The van der Waals surface area contributed by atoms with Gasteiger partial charge in [0.1, 0.15) is 6.54 Å². The van der Waals surface area contributed by atoms with Crippen LogP contribution in [-0.2, 0) is 14.3 Å². The van der Waals surface area contributed by atoms with Gasteiger partial charge >= 0.3 is 5.97 Å². The molecule has 0 unspecified atom stereocenters. The van der Waals surface area contributed by atoms with Crippen molar-refractivity contribution in [3.8, 4) is 11.5 Å². The van der Waals surface area contributed by atoms with Gasteiger partial charge < -0.3 is 14.1 Å². The Balaban J connectivity index is 1.67. The average molecular weight is 411 g/mol. The molecule has 1 amide bonds. The average Bonchev–Trinajstić information content (AvgIpc) is 3.21. The second kappa shape index (κ2) is 9.88. The summed E-state index contributed by atoms with van der Waals surface area (Å²) in [6, 6.07) is 16.7. The molecule has 7 nitrogen and oxygen atoms in total. The Morgan fingerprint density at radius 1 is 1.07 bits per heavy atom. The van der Waals surface area contributed by atoms with Gasteiger partial charge in [0.15, 0.2) is 0 Å². The lowest BCUT2D eigenvalue weighted by Gasteiger charge is -2.21. The molecule has 0 radical (unpaired) electrons. The molecule has 0 aliphatic rings. The number of amides is 1. The molecule has 8 heteroatoms. The molecular formula is C21H21N3O4S. The van der Waals surface area contributed by atoms with E-state index in [9.17, 15) is 9.59 Å². The second-order valence-corrected chi connectivity index (χ2v) is 7.07. The highest BCUT2D eigenvalue weighted by molar-refractivity contribution is 7.99. The molecule has 150 valence electrons. The smallest absolute Gasteiger partial charge is 0.326 e. The van der Waals surface area contributed by atoms with Crippen LogP contribution in [0.15, 0.2) is 64.2 Å². The zero-order chi connectivity index (χ0) is 20.6. The summed E-state index contributed by atoms with van der Waals surface area (Å²) in [6.45, 7) is 3.83. The molecule has 0 saturated heterocycles. The zero-order valence-electron chi connectivity index (χ0n) is 16.2. The van der Waals surface area contributed by atoms with Crippen LogP contribution in [-0.4, -0.2) is 41.0 Å². The topological polar surface area (TPSA) is 85.5 Å². The first kappa shape index (κ1) is 20.6. The van der Waals surface area contributed by atoms with E-state index in [-0.39, 0.29) is 30.0 Å². The summed E-state index contributed by atoms with van der Waals surface area (Å²) in [5, 5.41) is 8.32. The number of nitrogens with zero attached hydrogens (tertiary/aromatic N) is 3. The van der Waals surface area contributed by atoms with Gasteiger partial charge in [-0.15, -0.1) is 10.2 Å². The lowest BCUT2D eigenvalue weighted by atomic mass is 10.1. The number of benzene rings is 2. The predicted molar refractivity (Wildman–Crippen MR) is 111 cm³/mol. The molecule has 3 aromatic rings. The summed E-state index contributed by atoms with van der Waals surface area (Å²) < 4.78 is 10.6. The van der Waals surface area contributed by atoms with E-state index in [0.717, 1.165) is 22.9 Å². The zero-order valence-corrected chi connectivity index (χ0v) is 17.0. The van der Waals surface area contributed by atoms with Gasteiger partial charge in [0, 0.05) is 11.3 Å². The van der Waals surface area contributed by atoms with Gasteiger partial charge in [-0.2, -0.15) is 0 Å². The number of para-hydroxylation sites is 1. The van der Waals surface area contributed by atoms with Crippen LogP contribution in [0.5, 0.6) is 0 Å². The number of carbonyl (C=O) groups is 2.